The number of nitro groups is 1. The van der Waals surface area contributed by atoms with Crippen LogP contribution in [-0.2, 0) is 0 Å². The summed E-state index contributed by atoms with van der Waals surface area (Å²) < 4.78 is 1.72. The smallest absolute Gasteiger partial charge is 0.283 e. The van der Waals surface area contributed by atoms with Crippen LogP contribution in [0.4, 0.5) is 5.69 Å². The Morgan fingerprint density at radius 2 is 2.26 bits per heavy atom. The second-order valence-electron chi connectivity index (χ2n) is 5.34. The molecule has 1 atom stereocenters. The number of hydrogen-bond donors (Lipinski definition) is 0. The van der Waals surface area contributed by atoms with Gasteiger partial charge >= 0.3 is 0 Å². The highest BCUT2D eigenvalue weighted by atomic mass is 35.5. The van der Waals surface area contributed by atoms with Crippen LogP contribution in [0.15, 0.2) is 30.9 Å². The molecular weight excluding hydrogens is 322 g/mol. The first-order chi connectivity index (χ1) is 11.1. The standard InChI is InChI=1S/C14H14ClN5O3/c15-10-3-4-12(13(6-10)20(22)23)14(21)18-5-1-2-11(7-18)19-9-16-8-17-19/h3-4,6,8-9,11H,1-2,5,7H2/t11-/m0/s1. The Bertz CT molecular complexity index is 734. The average Bonchev–Trinajstić information content (AvgIpc) is 3.09. The van der Waals surface area contributed by atoms with Gasteiger partial charge in [0, 0.05) is 24.2 Å². The van der Waals surface area contributed by atoms with Gasteiger partial charge < -0.3 is 4.90 Å². The molecule has 0 unspecified atom stereocenters. The molecule has 1 amide bonds. The van der Waals surface area contributed by atoms with Crippen LogP contribution in [-0.4, -0.2) is 43.6 Å². The van der Waals surface area contributed by atoms with E-state index in [1.165, 1.54) is 24.5 Å². The second-order valence-corrected chi connectivity index (χ2v) is 5.78. The summed E-state index contributed by atoms with van der Waals surface area (Å²) in [6.45, 7) is 1.01. The van der Waals surface area contributed by atoms with Gasteiger partial charge in [-0.05, 0) is 25.0 Å². The van der Waals surface area contributed by atoms with Crippen molar-refractivity contribution >= 4 is 23.2 Å². The van der Waals surface area contributed by atoms with Crippen molar-refractivity contribution in [3.05, 3.63) is 51.6 Å². The summed E-state index contributed by atoms with van der Waals surface area (Å²) in [5.74, 6) is -0.363. The van der Waals surface area contributed by atoms with Crippen molar-refractivity contribution in [3.8, 4) is 0 Å². The van der Waals surface area contributed by atoms with Gasteiger partial charge in [0.05, 0.1) is 11.0 Å². The summed E-state index contributed by atoms with van der Waals surface area (Å²) in [5.41, 5.74) is -0.219. The third kappa shape index (κ3) is 3.16. The third-order valence-corrected chi connectivity index (χ3v) is 4.12. The van der Waals surface area contributed by atoms with E-state index in [0.717, 1.165) is 12.8 Å². The van der Waals surface area contributed by atoms with E-state index in [2.05, 4.69) is 10.1 Å². The zero-order chi connectivity index (χ0) is 16.4. The van der Waals surface area contributed by atoms with Crippen molar-refractivity contribution in [2.24, 2.45) is 0 Å². The molecule has 1 aromatic heterocycles. The molecule has 1 aromatic carbocycles. The number of halogens is 1. The number of carbonyl (C=O) groups excluding carboxylic acids is 1. The number of benzene rings is 1. The number of amides is 1. The summed E-state index contributed by atoms with van der Waals surface area (Å²) in [5, 5.41) is 15.5. The Kier molecular flexibility index (Phi) is 4.24. The van der Waals surface area contributed by atoms with Gasteiger partial charge in [0.1, 0.15) is 18.2 Å². The lowest BCUT2D eigenvalue weighted by atomic mass is 10.0. The van der Waals surface area contributed by atoms with E-state index in [1.54, 1.807) is 15.9 Å². The predicted octanol–water partition coefficient (Wildman–Crippen LogP) is 2.32. The summed E-state index contributed by atoms with van der Waals surface area (Å²) >= 11 is 5.79. The number of hydrogen-bond acceptors (Lipinski definition) is 5. The van der Waals surface area contributed by atoms with Crippen LogP contribution in [0.3, 0.4) is 0 Å². The van der Waals surface area contributed by atoms with Gasteiger partial charge in [0.2, 0.25) is 0 Å². The van der Waals surface area contributed by atoms with Gasteiger partial charge in [-0.1, -0.05) is 11.6 Å². The van der Waals surface area contributed by atoms with Crippen LogP contribution < -0.4 is 0 Å². The van der Waals surface area contributed by atoms with Gasteiger partial charge in [0.15, 0.2) is 0 Å². The van der Waals surface area contributed by atoms with E-state index in [9.17, 15) is 14.9 Å². The van der Waals surface area contributed by atoms with E-state index < -0.39 is 4.92 Å². The van der Waals surface area contributed by atoms with Crippen molar-refractivity contribution in [2.75, 3.05) is 13.1 Å². The number of carbonyl (C=O) groups is 1. The molecule has 0 radical (unpaired) electrons. The maximum Gasteiger partial charge on any atom is 0.283 e. The summed E-state index contributed by atoms with van der Waals surface area (Å²) in [4.78, 5) is 28.8. The molecule has 2 aromatic rings. The largest absolute Gasteiger partial charge is 0.336 e. The second kappa shape index (κ2) is 6.33. The van der Waals surface area contributed by atoms with Crippen LogP contribution in [0, 0.1) is 10.1 Å². The van der Waals surface area contributed by atoms with Crippen molar-refractivity contribution in [1.82, 2.24) is 19.7 Å². The van der Waals surface area contributed by atoms with Crippen LogP contribution in [0.5, 0.6) is 0 Å². The molecule has 1 aliphatic heterocycles. The molecule has 23 heavy (non-hydrogen) atoms. The van der Waals surface area contributed by atoms with E-state index in [0.29, 0.717) is 13.1 Å². The van der Waals surface area contributed by atoms with Crippen molar-refractivity contribution in [3.63, 3.8) is 0 Å². The molecule has 2 heterocycles. The minimum absolute atomic E-state index is 0.0292. The summed E-state index contributed by atoms with van der Waals surface area (Å²) in [7, 11) is 0. The third-order valence-electron chi connectivity index (χ3n) is 3.88. The molecule has 0 spiro atoms. The lowest BCUT2D eigenvalue weighted by molar-refractivity contribution is -0.385. The monoisotopic (exact) mass is 335 g/mol. The zero-order valence-electron chi connectivity index (χ0n) is 12.1. The molecule has 3 rings (SSSR count). The van der Waals surface area contributed by atoms with Crippen LogP contribution in [0.25, 0.3) is 0 Å². The fourth-order valence-electron chi connectivity index (χ4n) is 2.77. The predicted molar refractivity (Wildman–Crippen MR) is 82.3 cm³/mol. The first-order valence-corrected chi connectivity index (χ1v) is 7.51. The van der Waals surface area contributed by atoms with Crippen molar-refractivity contribution in [1.29, 1.82) is 0 Å². The highest BCUT2D eigenvalue weighted by Crippen LogP contribution is 2.27. The molecule has 1 saturated heterocycles. The molecule has 0 bridgehead atoms. The Morgan fingerprint density at radius 3 is 2.96 bits per heavy atom. The Labute approximate surface area is 136 Å². The van der Waals surface area contributed by atoms with E-state index in [-0.39, 0.29) is 28.2 Å². The van der Waals surface area contributed by atoms with Gasteiger partial charge in [-0.15, -0.1) is 0 Å². The van der Waals surface area contributed by atoms with Crippen LogP contribution >= 0.6 is 11.6 Å². The minimum atomic E-state index is -0.585. The van der Waals surface area contributed by atoms with E-state index in [1.807, 2.05) is 0 Å². The molecule has 1 fully saturated rings. The molecule has 1 aliphatic rings. The maximum absolute atomic E-state index is 12.7. The number of likely N-dealkylation sites (tertiary alicyclic amines) is 1. The van der Waals surface area contributed by atoms with Crippen molar-refractivity contribution in [2.45, 2.75) is 18.9 Å². The molecule has 0 aliphatic carbocycles. The quantitative estimate of drug-likeness (QED) is 0.633. The first-order valence-electron chi connectivity index (χ1n) is 7.13. The Balaban J connectivity index is 1.84. The summed E-state index contributed by atoms with van der Waals surface area (Å²) in [6.07, 6.45) is 4.75. The fraction of sp³-hybridized carbons (Fsp3) is 0.357. The SMILES string of the molecule is O=C(c1ccc(Cl)cc1[N+](=O)[O-])N1CCC[C@H](n2cncn2)C1. The number of nitrogens with zero attached hydrogens (tertiary/aromatic N) is 5. The van der Waals surface area contributed by atoms with Gasteiger partial charge in [0.25, 0.3) is 11.6 Å². The first kappa shape index (κ1) is 15.4. The number of nitro benzene ring substituents is 1. The molecule has 9 heteroatoms. The van der Waals surface area contributed by atoms with E-state index >= 15 is 0 Å². The van der Waals surface area contributed by atoms with E-state index in [4.69, 9.17) is 11.6 Å². The zero-order valence-corrected chi connectivity index (χ0v) is 12.9. The highest BCUT2D eigenvalue weighted by molar-refractivity contribution is 6.31. The van der Waals surface area contributed by atoms with Gasteiger partial charge in [-0.3, -0.25) is 14.9 Å². The van der Waals surface area contributed by atoms with Gasteiger partial charge in [-0.25, -0.2) is 9.67 Å². The highest BCUT2D eigenvalue weighted by Gasteiger charge is 2.29. The van der Waals surface area contributed by atoms with Crippen molar-refractivity contribution < 1.29 is 9.72 Å². The molecule has 0 N–H and O–H groups in total. The number of rotatable bonds is 3. The normalized spacial score (nSPS) is 18.0. The molecular formula is C14H14ClN5O3. The topological polar surface area (TPSA) is 94.2 Å². The molecule has 0 saturated carbocycles. The Hall–Kier alpha value is -2.48. The van der Waals surface area contributed by atoms with Crippen LogP contribution in [0.2, 0.25) is 5.02 Å². The Morgan fingerprint density at radius 1 is 1.43 bits per heavy atom. The molecule has 120 valence electrons. The fourth-order valence-corrected chi connectivity index (χ4v) is 2.93. The number of aromatic nitrogens is 3. The minimum Gasteiger partial charge on any atom is -0.336 e. The average molecular weight is 336 g/mol. The van der Waals surface area contributed by atoms with Crippen LogP contribution in [0.1, 0.15) is 29.2 Å². The summed E-state index contributed by atoms with van der Waals surface area (Å²) in [6, 6.07) is 4.12. The number of piperidine rings is 1. The molecule has 8 nitrogen and oxygen atoms in total. The maximum atomic E-state index is 12.7. The van der Waals surface area contributed by atoms with Gasteiger partial charge in [-0.2, -0.15) is 5.10 Å². The lowest BCUT2D eigenvalue weighted by Gasteiger charge is -2.32. The lowest BCUT2D eigenvalue weighted by Crippen LogP contribution is -2.41.